The summed E-state index contributed by atoms with van der Waals surface area (Å²) >= 11 is 0. The molecular formula is C13H15F2NO. The van der Waals surface area contributed by atoms with Crippen LogP contribution in [0.2, 0.25) is 0 Å². The highest BCUT2D eigenvalue weighted by Crippen LogP contribution is 2.58. The highest BCUT2D eigenvalue weighted by atomic mass is 19.3. The van der Waals surface area contributed by atoms with Crippen LogP contribution in [0.1, 0.15) is 19.3 Å². The minimum absolute atomic E-state index is 0.0229. The van der Waals surface area contributed by atoms with E-state index in [1.165, 1.54) is 0 Å². The van der Waals surface area contributed by atoms with Crippen molar-refractivity contribution in [3.8, 4) is 0 Å². The normalized spacial score (nSPS) is 34.1. The Morgan fingerprint density at radius 3 is 2.82 bits per heavy atom. The maximum Gasteiger partial charge on any atom is 0.248 e. The van der Waals surface area contributed by atoms with E-state index in [1.807, 2.05) is 6.08 Å². The van der Waals surface area contributed by atoms with Gasteiger partial charge in [0.1, 0.15) is 0 Å². The lowest BCUT2D eigenvalue weighted by Crippen LogP contribution is -2.41. The third kappa shape index (κ3) is 1.61. The van der Waals surface area contributed by atoms with Crippen molar-refractivity contribution in [2.75, 3.05) is 6.54 Å². The summed E-state index contributed by atoms with van der Waals surface area (Å²) in [6.45, 7) is 0.652. The van der Waals surface area contributed by atoms with Gasteiger partial charge in [-0.25, -0.2) is 8.78 Å². The summed E-state index contributed by atoms with van der Waals surface area (Å²) in [6, 6.07) is 0. The Morgan fingerprint density at radius 2 is 2.18 bits per heavy atom. The minimum Gasteiger partial charge on any atom is -0.356 e. The molecule has 3 aliphatic rings. The number of amides is 1. The minimum atomic E-state index is -2.28. The van der Waals surface area contributed by atoms with Crippen LogP contribution in [0.4, 0.5) is 8.78 Å². The van der Waals surface area contributed by atoms with Crippen LogP contribution in [-0.2, 0) is 4.79 Å². The highest BCUT2D eigenvalue weighted by Gasteiger charge is 2.54. The number of fused-ring (bicyclic) bond motifs is 1. The maximum atomic E-state index is 13.0. The summed E-state index contributed by atoms with van der Waals surface area (Å²) in [4.78, 5) is 11.6. The molecule has 1 amide bonds. The summed E-state index contributed by atoms with van der Waals surface area (Å²) in [6.07, 6.45) is 5.18. The average Bonchev–Trinajstić information content (AvgIpc) is 3.10. The molecular weight excluding hydrogens is 224 g/mol. The van der Waals surface area contributed by atoms with Crippen molar-refractivity contribution in [2.45, 2.75) is 25.7 Å². The van der Waals surface area contributed by atoms with Gasteiger partial charge in [-0.05, 0) is 30.8 Å². The smallest absolute Gasteiger partial charge is 0.248 e. The molecule has 1 heterocycles. The SMILES string of the molecule is O=C1NCCC2C=C(C3(C(F)F)CC3)C=CC12. The molecule has 2 fully saturated rings. The molecule has 0 radical (unpaired) electrons. The Morgan fingerprint density at radius 1 is 1.41 bits per heavy atom. The maximum absolute atomic E-state index is 13.0. The molecule has 2 unspecified atom stereocenters. The zero-order chi connectivity index (χ0) is 12.0. The Hall–Kier alpha value is -1.19. The number of nitrogens with one attached hydrogen (secondary N) is 1. The van der Waals surface area contributed by atoms with Crippen molar-refractivity contribution in [1.29, 1.82) is 0 Å². The van der Waals surface area contributed by atoms with Gasteiger partial charge in [0.05, 0.1) is 11.3 Å². The van der Waals surface area contributed by atoms with E-state index in [-0.39, 0.29) is 17.7 Å². The van der Waals surface area contributed by atoms with Crippen LogP contribution >= 0.6 is 0 Å². The van der Waals surface area contributed by atoms with Gasteiger partial charge in [-0.3, -0.25) is 4.79 Å². The molecule has 2 atom stereocenters. The van der Waals surface area contributed by atoms with E-state index >= 15 is 0 Å². The molecule has 0 spiro atoms. The van der Waals surface area contributed by atoms with Gasteiger partial charge in [0.25, 0.3) is 0 Å². The number of rotatable bonds is 2. The van der Waals surface area contributed by atoms with Crippen molar-refractivity contribution < 1.29 is 13.6 Å². The molecule has 0 aromatic heterocycles. The Labute approximate surface area is 98.8 Å². The quantitative estimate of drug-likeness (QED) is 0.787. The van der Waals surface area contributed by atoms with Gasteiger partial charge in [0, 0.05) is 6.54 Å². The number of alkyl halides is 2. The summed E-state index contributed by atoms with van der Waals surface area (Å²) in [7, 11) is 0. The Bertz CT molecular complexity index is 410. The van der Waals surface area contributed by atoms with Crippen LogP contribution in [0.3, 0.4) is 0 Å². The van der Waals surface area contributed by atoms with E-state index in [2.05, 4.69) is 5.32 Å². The monoisotopic (exact) mass is 239 g/mol. The molecule has 2 aliphatic carbocycles. The van der Waals surface area contributed by atoms with Gasteiger partial charge in [0.15, 0.2) is 0 Å². The number of hydrogen-bond donors (Lipinski definition) is 1. The summed E-state index contributed by atoms with van der Waals surface area (Å²) < 4.78 is 26.0. The fraction of sp³-hybridized carbons (Fsp3) is 0.615. The van der Waals surface area contributed by atoms with E-state index in [1.54, 1.807) is 12.2 Å². The lowest BCUT2D eigenvalue weighted by molar-refractivity contribution is -0.126. The number of carbonyl (C=O) groups is 1. The molecule has 1 aliphatic heterocycles. The lowest BCUT2D eigenvalue weighted by atomic mass is 9.77. The second-order valence-corrected chi connectivity index (χ2v) is 5.21. The molecule has 0 bridgehead atoms. The second kappa shape index (κ2) is 3.65. The lowest BCUT2D eigenvalue weighted by Gasteiger charge is -2.31. The first-order valence-electron chi connectivity index (χ1n) is 6.10. The summed E-state index contributed by atoms with van der Waals surface area (Å²) in [5.74, 6) is -0.0179. The molecule has 92 valence electrons. The van der Waals surface area contributed by atoms with Crippen molar-refractivity contribution in [3.05, 3.63) is 23.8 Å². The Balaban J connectivity index is 1.86. The first kappa shape index (κ1) is 10.9. The van der Waals surface area contributed by atoms with Crippen molar-refractivity contribution in [1.82, 2.24) is 5.32 Å². The van der Waals surface area contributed by atoms with Crippen LogP contribution in [0.15, 0.2) is 23.8 Å². The van der Waals surface area contributed by atoms with Gasteiger partial charge in [0.2, 0.25) is 12.3 Å². The fourth-order valence-electron chi connectivity index (χ4n) is 2.86. The first-order valence-corrected chi connectivity index (χ1v) is 6.10. The number of halogens is 2. The van der Waals surface area contributed by atoms with Crippen LogP contribution in [0.5, 0.6) is 0 Å². The molecule has 17 heavy (non-hydrogen) atoms. The van der Waals surface area contributed by atoms with Crippen molar-refractivity contribution in [3.63, 3.8) is 0 Å². The third-order valence-corrected chi connectivity index (χ3v) is 4.20. The van der Waals surface area contributed by atoms with Crippen LogP contribution in [-0.4, -0.2) is 18.9 Å². The van der Waals surface area contributed by atoms with Gasteiger partial charge >= 0.3 is 0 Å². The number of piperidine rings is 1. The van der Waals surface area contributed by atoms with Gasteiger partial charge < -0.3 is 5.32 Å². The summed E-state index contributed by atoms with van der Waals surface area (Å²) in [5.41, 5.74) is -0.140. The number of hydrogen-bond acceptors (Lipinski definition) is 1. The standard InChI is InChI=1S/C13H15F2NO/c14-12(15)13(4-5-13)9-1-2-10-8(7-9)3-6-16-11(10)17/h1-2,7-8,10,12H,3-6H2,(H,16,17). The van der Waals surface area contributed by atoms with E-state index in [9.17, 15) is 13.6 Å². The molecule has 0 aromatic rings. The molecule has 3 rings (SSSR count). The topological polar surface area (TPSA) is 29.1 Å². The van der Waals surface area contributed by atoms with Crippen LogP contribution in [0.25, 0.3) is 0 Å². The Kier molecular flexibility index (Phi) is 2.35. The molecule has 0 aromatic carbocycles. The van der Waals surface area contributed by atoms with Gasteiger partial charge in [-0.2, -0.15) is 0 Å². The van der Waals surface area contributed by atoms with Crippen molar-refractivity contribution in [2.24, 2.45) is 17.3 Å². The molecule has 2 nitrogen and oxygen atoms in total. The predicted molar refractivity (Wildman–Crippen MR) is 59.5 cm³/mol. The van der Waals surface area contributed by atoms with E-state index in [0.29, 0.717) is 19.4 Å². The molecule has 4 heteroatoms. The fourth-order valence-corrected chi connectivity index (χ4v) is 2.86. The predicted octanol–water partition coefficient (Wildman–Crippen LogP) is 2.28. The molecule has 1 N–H and O–H groups in total. The number of allylic oxidation sites excluding steroid dienone is 3. The highest BCUT2D eigenvalue weighted by molar-refractivity contribution is 5.82. The van der Waals surface area contributed by atoms with E-state index < -0.39 is 11.8 Å². The average molecular weight is 239 g/mol. The van der Waals surface area contributed by atoms with Crippen molar-refractivity contribution >= 4 is 5.91 Å². The first-order chi connectivity index (χ1) is 8.13. The van der Waals surface area contributed by atoms with Gasteiger partial charge in [-0.1, -0.05) is 18.2 Å². The largest absolute Gasteiger partial charge is 0.356 e. The van der Waals surface area contributed by atoms with Crippen LogP contribution in [0, 0.1) is 17.3 Å². The van der Waals surface area contributed by atoms with E-state index in [4.69, 9.17) is 0 Å². The zero-order valence-corrected chi connectivity index (χ0v) is 9.46. The number of carbonyl (C=O) groups excluding carboxylic acids is 1. The van der Waals surface area contributed by atoms with Gasteiger partial charge in [-0.15, -0.1) is 0 Å². The van der Waals surface area contributed by atoms with Crippen LogP contribution < -0.4 is 5.32 Å². The molecule has 1 saturated carbocycles. The zero-order valence-electron chi connectivity index (χ0n) is 9.46. The van der Waals surface area contributed by atoms with E-state index in [0.717, 1.165) is 12.0 Å². The second-order valence-electron chi connectivity index (χ2n) is 5.21. The summed E-state index contributed by atoms with van der Waals surface area (Å²) in [5, 5.41) is 2.81. The molecule has 1 saturated heterocycles. The third-order valence-electron chi connectivity index (χ3n) is 4.20.